The number of carbonyl (C=O) groups excluding carboxylic acids is 1. The van der Waals surface area contributed by atoms with Crippen LogP contribution in [0.2, 0.25) is 0 Å². The quantitative estimate of drug-likeness (QED) is 0.873. The Labute approximate surface area is 143 Å². The molecule has 0 spiro atoms. The first-order chi connectivity index (χ1) is 11.6. The normalized spacial score (nSPS) is 32.0. The van der Waals surface area contributed by atoms with Crippen molar-refractivity contribution in [1.29, 1.82) is 0 Å². The summed E-state index contributed by atoms with van der Waals surface area (Å²) in [5.41, 5.74) is 2.71. The van der Waals surface area contributed by atoms with Crippen molar-refractivity contribution in [3.05, 3.63) is 29.3 Å². The van der Waals surface area contributed by atoms with E-state index < -0.39 is 0 Å². The topological polar surface area (TPSA) is 61.8 Å². The smallest absolute Gasteiger partial charge is 0.256 e. The molecular formula is C19H26N2O3. The Balaban J connectivity index is 1.65. The number of carbonyl (C=O) groups is 1. The van der Waals surface area contributed by atoms with Crippen LogP contribution in [-0.4, -0.2) is 53.9 Å². The van der Waals surface area contributed by atoms with Crippen LogP contribution in [0.1, 0.15) is 48.0 Å². The number of fused-ring (bicyclic) bond motifs is 2. The minimum Gasteiger partial charge on any atom is -0.393 e. The van der Waals surface area contributed by atoms with Gasteiger partial charge >= 0.3 is 0 Å². The van der Waals surface area contributed by atoms with Gasteiger partial charge in [0.1, 0.15) is 0 Å². The summed E-state index contributed by atoms with van der Waals surface area (Å²) in [4.78, 5) is 15.2. The van der Waals surface area contributed by atoms with E-state index in [-0.39, 0.29) is 23.7 Å². The van der Waals surface area contributed by atoms with Gasteiger partial charge in [-0.3, -0.25) is 4.79 Å². The lowest BCUT2D eigenvalue weighted by Gasteiger charge is -2.42. The van der Waals surface area contributed by atoms with Crippen LogP contribution in [0.3, 0.4) is 0 Å². The minimum absolute atomic E-state index is 0.0294. The van der Waals surface area contributed by atoms with Crippen LogP contribution < -0.4 is 5.32 Å². The molecule has 1 saturated carbocycles. The predicted octanol–water partition coefficient (Wildman–Crippen LogP) is 2.19. The van der Waals surface area contributed by atoms with Gasteiger partial charge in [0, 0.05) is 20.2 Å². The summed E-state index contributed by atoms with van der Waals surface area (Å²) in [5, 5.41) is 13.5. The number of nitrogens with zero attached hydrogens (tertiary/aromatic N) is 1. The number of ether oxygens (including phenoxy) is 1. The van der Waals surface area contributed by atoms with E-state index in [0.717, 1.165) is 49.9 Å². The summed E-state index contributed by atoms with van der Waals surface area (Å²) in [6, 6.07) is 5.98. The van der Waals surface area contributed by atoms with Gasteiger partial charge in [-0.25, -0.2) is 0 Å². The van der Waals surface area contributed by atoms with Gasteiger partial charge in [-0.2, -0.15) is 0 Å². The lowest BCUT2D eigenvalue weighted by molar-refractivity contribution is -0.0824. The van der Waals surface area contributed by atoms with Crippen LogP contribution in [0.5, 0.6) is 0 Å². The van der Waals surface area contributed by atoms with Crippen LogP contribution in [0, 0.1) is 0 Å². The molecule has 0 aromatic heterocycles. The maximum atomic E-state index is 13.3. The number of nitrogens with one attached hydrogen (secondary N) is 1. The highest BCUT2D eigenvalue weighted by molar-refractivity contribution is 6.01. The number of aryl methyl sites for hydroxylation is 1. The number of para-hydroxylation sites is 1. The molecule has 2 aliphatic heterocycles. The fourth-order valence-electron chi connectivity index (χ4n) is 4.76. The standard InChI is InChI=1S/C19H26N2O3/c1-24-19-8-7-14(22)12-16(19)21(11-9-19)18(23)15-6-2-4-13-5-3-10-20-17(13)15/h2,4,6,14,16,20,22H,3,5,7-12H2,1H3/t14-,16-,19+/m0/s1. The zero-order valence-electron chi connectivity index (χ0n) is 14.3. The van der Waals surface area contributed by atoms with Crippen molar-refractivity contribution < 1.29 is 14.6 Å². The van der Waals surface area contributed by atoms with Gasteiger partial charge in [-0.05, 0) is 50.2 Å². The first-order valence-electron chi connectivity index (χ1n) is 9.04. The molecule has 0 radical (unpaired) electrons. The molecule has 2 fully saturated rings. The van der Waals surface area contributed by atoms with E-state index >= 15 is 0 Å². The molecule has 3 aliphatic rings. The number of rotatable bonds is 2. The summed E-state index contributed by atoms with van der Waals surface area (Å²) in [5.74, 6) is 0.0688. The molecule has 0 unspecified atom stereocenters. The maximum Gasteiger partial charge on any atom is 0.256 e. The average Bonchev–Trinajstić information content (AvgIpc) is 3.00. The highest BCUT2D eigenvalue weighted by Crippen LogP contribution is 2.43. The third-order valence-corrected chi connectivity index (χ3v) is 6.13. The van der Waals surface area contributed by atoms with E-state index in [2.05, 4.69) is 11.4 Å². The third-order valence-electron chi connectivity index (χ3n) is 6.13. The molecule has 1 amide bonds. The van der Waals surface area contributed by atoms with Gasteiger partial charge in [0.15, 0.2) is 0 Å². The molecule has 2 heterocycles. The molecule has 24 heavy (non-hydrogen) atoms. The van der Waals surface area contributed by atoms with Crippen molar-refractivity contribution in [2.45, 2.75) is 56.3 Å². The zero-order valence-corrected chi connectivity index (χ0v) is 14.3. The average molecular weight is 330 g/mol. The van der Waals surface area contributed by atoms with E-state index in [9.17, 15) is 9.90 Å². The first kappa shape index (κ1) is 15.9. The molecular weight excluding hydrogens is 304 g/mol. The number of hydrogen-bond donors (Lipinski definition) is 2. The molecule has 5 heteroatoms. The Morgan fingerprint density at radius 2 is 2.29 bits per heavy atom. The predicted molar refractivity (Wildman–Crippen MR) is 92.3 cm³/mol. The van der Waals surface area contributed by atoms with E-state index in [0.29, 0.717) is 13.0 Å². The van der Waals surface area contributed by atoms with E-state index in [4.69, 9.17) is 4.74 Å². The van der Waals surface area contributed by atoms with Gasteiger partial charge in [0.25, 0.3) is 5.91 Å². The SMILES string of the molecule is CO[C@@]12CC[C@H](O)C[C@@H]1N(C(=O)c1cccc3c1NCCC3)CC2. The summed E-state index contributed by atoms with van der Waals surface area (Å²) in [7, 11) is 1.74. The molecule has 1 saturated heterocycles. The second kappa shape index (κ2) is 6.05. The molecule has 3 atom stereocenters. The van der Waals surface area contributed by atoms with Crippen LogP contribution in [-0.2, 0) is 11.2 Å². The number of anilines is 1. The molecule has 1 aliphatic carbocycles. The van der Waals surface area contributed by atoms with Gasteiger partial charge in [-0.1, -0.05) is 12.1 Å². The molecule has 130 valence electrons. The molecule has 4 rings (SSSR count). The largest absolute Gasteiger partial charge is 0.393 e. The highest BCUT2D eigenvalue weighted by atomic mass is 16.5. The lowest BCUT2D eigenvalue weighted by Crippen LogP contribution is -2.52. The Bertz CT molecular complexity index is 647. The number of likely N-dealkylation sites (tertiary alicyclic amines) is 1. The number of methoxy groups -OCH3 is 1. The lowest BCUT2D eigenvalue weighted by atomic mass is 9.79. The van der Waals surface area contributed by atoms with Crippen LogP contribution in [0.25, 0.3) is 0 Å². The van der Waals surface area contributed by atoms with Gasteiger partial charge in [0.05, 0.1) is 29.0 Å². The Morgan fingerprint density at radius 1 is 1.42 bits per heavy atom. The fourth-order valence-corrected chi connectivity index (χ4v) is 4.76. The number of hydrogen-bond acceptors (Lipinski definition) is 4. The van der Waals surface area contributed by atoms with Crippen molar-refractivity contribution in [2.24, 2.45) is 0 Å². The van der Waals surface area contributed by atoms with Crippen molar-refractivity contribution in [3.8, 4) is 0 Å². The Hall–Kier alpha value is -1.59. The molecule has 5 nitrogen and oxygen atoms in total. The first-order valence-corrected chi connectivity index (χ1v) is 9.04. The Morgan fingerprint density at radius 3 is 3.12 bits per heavy atom. The highest BCUT2D eigenvalue weighted by Gasteiger charge is 2.52. The summed E-state index contributed by atoms with van der Waals surface area (Å²) in [6.07, 6.45) is 4.84. The Kier molecular flexibility index (Phi) is 4.01. The number of amides is 1. The van der Waals surface area contributed by atoms with Crippen LogP contribution in [0.4, 0.5) is 5.69 Å². The second-order valence-corrected chi connectivity index (χ2v) is 7.33. The summed E-state index contributed by atoms with van der Waals surface area (Å²) in [6.45, 7) is 1.62. The number of aliphatic hydroxyl groups is 1. The van der Waals surface area contributed by atoms with Crippen molar-refractivity contribution in [2.75, 3.05) is 25.5 Å². The molecule has 2 N–H and O–H groups in total. The van der Waals surface area contributed by atoms with Crippen molar-refractivity contribution >= 4 is 11.6 Å². The summed E-state index contributed by atoms with van der Waals surface area (Å²) >= 11 is 0. The van der Waals surface area contributed by atoms with E-state index in [1.807, 2.05) is 17.0 Å². The minimum atomic E-state index is -0.338. The molecule has 1 aromatic rings. The molecule has 1 aromatic carbocycles. The van der Waals surface area contributed by atoms with E-state index in [1.165, 1.54) is 5.56 Å². The van der Waals surface area contributed by atoms with Gasteiger partial charge in [0.2, 0.25) is 0 Å². The van der Waals surface area contributed by atoms with E-state index in [1.54, 1.807) is 7.11 Å². The fraction of sp³-hybridized carbons (Fsp3) is 0.632. The molecule has 0 bridgehead atoms. The van der Waals surface area contributed by atoms with Crippen LogP contribution >= 0.6 is 0 Å². The number of aliphatic hydroxyl groups excluding tert-OH is 1. The third kappa shape index (κ3) is 2.42. The van der Waals surface area contributed by atoms with Crippen molar-refractivity contribution in [1.82, 2.24) is 4.90 Å². The number of benzene rings is 1. The monoisotopic (exact) mass is 330 g/mol. The van der Waals surface area contributed by atoms with Crippen LogP contribution in [0.15, 0.2) is 18.2 Å². The zero-order chi connectivity index (χ0) is 16.7. The van der Waals surface area contributed by atoms with Crippen molar-refractivity contribution in [3.63, 3.8) is 0 Å². The summed E-state index contributed by atoms with van der Waals surface area (Å²) < 4.78 is 5.86. The van der Waals surface area contributed by atoms with Gasteiger partial charge in [-0.15, -0.1) is 0 Å². The second-order valence-electron chi connectivity index (χ2n) is 7.33. The maximum absolute atomic E-state index is 13.3. The van der Waals surface area contributed by atoms with Gasteiger partial charge < -0.3 is 20.1 Å².